The normalized spacial score (nSPS) is 10.8. The SMILES string of the molecule is Cc1cc(C)cc(-n2ccnc2SCC(=O)NCc2cccs2)c1. The van der Waals surface area contributed by atoms with Crippen molar-refractivity contribution >= 4 is 29.0 Å². The second kappa shape index (κ2) is 7.68. The van der Waals surface area contributed by atoms with Crippen LogP contribution in [-0.4, -0.2) is 21.2 Å². The van der Waals surface area contributed by atoms with Crippen LogP contribution < -0.4 is 5.32 Å². The van der Waals surface area contributed by atoms with Gasteiger partial charge in [0.2, 0.25) is 5.91 Å². The van der Waals surface area contributed by atoms with Gasteiger partial charge in [0.15, 0.2) is 5.16 Å². The molecular weight excluding hydrogens is 338 g/mol. The van der Waals surface area contributed by atoms with Gasteiger partial charge >= 0.3 is 0 Å². The number of carbonyl (C=O) groups excluding carboxylic acids is 1. The van der Waals surface area contributed by atoms with E-state index in [4.69, 9.17) is 0 Å². The number of nitrogens with zero attached hydrogens (tertiary/aromatic N) is 2. The van der Waals surface area contributed by atoms with Crippen molar-refractivity contribution in [3.05, 3.63) is 64.1 Å². The number of thioether (sulfide) groups is 1. The van der Waals surface area contributed by atoms with E-state index in [-0.39, 0.29) is 5.91 Å². The molecule has 0 bridgehead atoms. The highest BCUT2D eigenvalue weighted by molar-refractivity contribution is 7.99. The van der Waals surface area contributed by atoms with Crippen molar-refractivity contribution in [2.75, 3.05) is 5.75 Å². The third-order valence-corrected chi connectivity index (χ3v) is 5.31. The van der Waals surface area contributed by atoms with Crippen molar-refractivity contribution in [2.24, 2.45) is 0 Å². The summed E-state index contributed by atoms with van der Waals surface area (Å²) in [5.41, 5.74) is 3.50. The molecule has 2 heterocycles. The molecule has 0 spiro atoms. The number of thiophene rings is 1. The molecule has 0 atom stereocenters. The number of aryl methyl sites for hydroxylation is 2. The predicted molar refractivity (Wildman–Crippen MR) is 99.9 cm³/mol. The molecule has 2 aromatic heterocycles. The standard InChI is InChI=1S/C18H19N3OS2/c1-13-8-14(2)10-15(9-13)21-6-5-19-18(21)24-12-17(22)20-11-16-4-3-7-23-16/h3-10H,11-12H2,1-2H3,(H,20,22). The highest BCUT2D eigenvalue weighted by Gasteiger charge is 2.10. The maximum Gasteiger partial charge on any atom is 0.230 e. The molecule has 0 aliphatic rings. The Labute approximate surface area is 149 Å². The molecule has 0 unspecified atom stereocenters. The molecule has 3 aromatic rings. The first-order valence-electron chi connectivity index (χ1n) is 7.66. The number of rotatable bonds is 6. The Morgan fingerprint density at radius 3 is 2.79 bits per heavy atom. The molecular formula is C18H19N3OS2. The Morgan fingerprint density at radius 2 is 2.08 bits per heavy atom. The van der Waals surface area contributed by atoms with E-state index in [1.54, 1.807) is 17.5 Å². The summed E-state index contributed by atoms with van der Waals surface area (Å²) in [7, 11) is 0. The van der Waals surface area contributed by atoms with Gasteiger partial charge in [-0.15, -0.1) is 11.3 Å². The monoisotopic (exact) mass is 357 g/mol. The zero-order valence-corrected chi connectivity index (χ0v) is 15.3. The zero-order valence-electron chi connectivity index (χ0n) is 13.7. The van der Waals surface area contributed by atoms with Crippen molar-refractivity contribution in [1.82, 2.24) is 14.9 Å². The highest BCUT2D eigenvalue weighted by Crippen LogP contribution is 2.22. The first-order chi connectivity index (χ1) is 11.6. The van der Waals surface area contributed by atoms with Gasteiger partial charge in [-0.05, 0) is 48.6 Å². The van der Waals surface area contributed by atoms with Crippen LogP contribution in [0.4, 0.5) is 0 Å². The van der Waals surface area contributed by atoms with Gasteiger partial charge in [0, 0.05) is 23.0 Å². The largest absolute Gasteiger partial charge is 0.350 e. The lowest BCUT2D eigenvalue weighted by Gasteiger charge is -2.10. The molecule has 3 rings (SSSR count). The smallest absolute Gasteiger partial charge is 0.230 e. The van der Waals surface area contributed by atoms with Gasteiger partial charge in [0.25, 0.3) is 0 Å². The van der Waals surface area contributed by atoms with E-state index in [9.17, 15) is 4.79 Å². The molecule has 1 N–H and O–H groups in total. The fourth-order valence-corrected chi connectivity index (χ4v) is 3.91. The fraction of sp³-hybridized carbons (Fsp3) is 0.222. The fourth-order valence-electron chi connectivity index (χ4n) is 2.46. The van der Waals surface area contributed by atoms with Crippen LogP contribution in [0.15, 0.2) is 53.3 Å². The summed E-state index contributed by atoms with van der Waals surface area (Å²) in [6, 6.07) is 10.4. The van der Waals surface area contributed by atoms with Gasteiger partial charge < -0.3 is 5.32 Å². The van der Waals surface area contributed by atoms with Gasteiger partial charge in [-0.3, -0.25) is 9.36 Å². The van der Waals surface area contributed by atoms with Crippen molar-refractivity contribution in [3.63, 3.8) is 0 Å². The summed E-state index contributed by atoms with van der Waals surface area (Å²) in [5.74, 6) is 0.371. The number of aromatic nitrogens is 2. The minimum Gasteiger partial charge on any atom is -0.350 e. The summed E-state index contributed by atoms with van der Waals surface area (Å²) >= 11 is 3.09. The highest BCUT2D eigenvalue weighted by atomic mass is 32.2. The maximum atomic E-state index is 12.0. The summed E-state index contributed by atoms with van der Waals surface area (Å²) in [6.07, 6.45) is 3.70. The third kappa shape index (κ3) is 4.27. The molecule has 6 heteroatoms. The number of hydrogen-bond acceptors (Lipinski definition) is 4. The lowest BCUT2D eigenvalue weighted by Crippen LogP contribution is -2.24. The first-order valence-corrected chi connectivity index (χ1v) is 9.52. The molecule has 0 aliphatic heterocycles. The van der Waals surface area contributed by atoms with Crippen LogP contribution in [0.2, 0.25) is 0 Å². The molecule has 1 aromatic carbocycles. The molecule has 4 nitrogen and oxygen atoms in total. The van der Waals surface area contributed by atoms with Crippen molar-refractivity contribution < 1.29 is 4.79 Å². The Morgan fingerprint density at radius 1 is 1.29 bits per heavy atom. The Balaban J connectivity index is 1.62. The number of imidazole rings is 1. The van der Waals surface area contributed by atoms with Crippen molar-refractivity contribution in [2.45, 2.75) is 25.5 Å². The Kier molecular flexibility index (Phi) is 5.37. The van der Waals surface area contributed by atoms with Crippen LogP contribution in [0, 0.1) is 13.8 Å². The van der Waals surface area contributed by atoms with E-state index in [2.05, 4.69) is 42.3 Å². The predicted octanol–water partition coefficient (Wildman–Crippen LogP) is 3.96. The minimum absolute atomic E-state index is 0.0170. The van der Waals surface area contributed by atoms with E-state index in [0.717, 1.165) is 15.7 Å². The molecule has 24 heavy (non-hydrogen) atoms. The van der Waals surface area contributed by atoms with Crippen molar-refractivity contribution in [1.29, 1.82) is 0 Å². The molecule has 0 saturated heterocycles. The maximum absolute atomic E-state index is 12.0. The van der Waals surface area contributed by atoms with Crippen LogP contribution in [-0.2, 0) is 11.3 Å². The molecule has 0 fully saturated rings. The first kappa shape index (κ1) is 16.8. The number of carbonyl (C=O) groups is 1. The quantitative estimate of drug-likeness (QED) is 0.679. The Hall–Kier alpha value is -2.05. The molecule has 0 saturated carbocycles. The van der Waals surface area contributed by atoms with Crippen LogP contribution in [0.5, 0.6) is 0 Å². The average molecular weight is 358 g/mol. The van der Waals surface area contributed by atoms with E-state index >= 15 is 0 Å². The number of benzene rings is 1. The topological polar surface area (TPSA) is 46.9 Å². The number of amides is 1. The lowest BCUT2D eigenvalue weighted by atomic mass is 10.1. The second-order valence-electron chi connectivity index (χ2n) is 5.57. The summed E-state index contributed by atoms with van der Waals surface area (Å²) < 4.78 is 2.03. The van der Waals surface area contributed by atoms with Crippen LogP contribution in [0.3, 0.4) is 0 Å². The van der Waals surface area contributed by atoms with Crippen LogP contribution in [0.25, 0.3) is 5.69 Å². The van der Waals surface area contributed by atoms with E-state index in [0.29, 0.717) is 12.3 Å². The molecule has 0 aliphatic carbocycles. The third-order valence-electron chi connectivity index (χ3n) is 3.46. The summed E-state index contributed by atoms with van der Waals surface area (Å²) in [6.45, 7) is 4.75. The van der Waals surface area contributed by atoms with E-state index in [1.165, 1.54) is 22.9 Å². The van der Waals surface area contributed by atoms with Gasteiger partial charge in [0.1, 0.15) is 0 Å². The molecule has 1 amide bonds. The van der Waals surface area contributed by atoms with Crippen LogP contribution in [0.1, 0.15) is 16.0 Å². The summed E-state index contributed by atoms with van der Waals surface area (Å²) in [4.78, 5) is 17.6. The number of hydrogen-bond donors (Lipinski definition) is 1. The van der Waals surface area contributed by atoms with Crippen molar-refractivity contribution in [3.8, 4) is 5.69 Å². The second-order valence-corrected chi connectivity index (χ2v) is 7.55. The van der Waals surface area contributed by atoms with E-state index in [1.807, 2.05) is 28.3 Å². The minimum atomic E-state index is 0.0170. The van der Waals surface area contributed by atoms with Crippen LogP contribution >= 0.6 is 23.1 Å². The molecule has 0 radical (unpaired) electrons. The van der Waals surface area contributed by atoms with Gasteiger partial charge in [-0.2, -0.15) is 0 Å². The van der Waals surface area contributed by atoms with Gasteiger partial charge in [-0.1, -0.05) is 23.9 Å². The van der Waals surface area contributed by atoms with Gasteiger partial charge in [0.05, 0.1) is 12.3 Å². The molecule has 124 valence electrons. The summed E-state index contributed by atoms with van der Waals surface area (Å²) in [5, 5.41) is 5.77. The lowest BCUT2D eigenvalue weighted by molar-refractivity contribution is -0.118. The Bertz CT molecular complexity index is 804. The average Bonchev–Trinajstić information content (AvgIpc) is 3.21. The zero-order chi connectivity index (χ0) is 16.9. The van der Waals surface area contributed by atoms with Gasteiger partial charge in [-0.25, -0.2) is 4.98 Å². The number of nitrogens with one attached hydrogen (secondary N) is 1. The van der Waals surface area contributed by atoms with E-state index < -0.39 is 0 Å².